The third kappa shape index (κ3) is 2.88. The first-order valence-corrected chi connectivity index (χ1v) is 6.82. The predicted molar refractivity (Wildman–Crippen MR) is 71.7 cm³/mol. The highest BCUT2D eigenvalue weighted by molar-refractivity contribution is 5.96. The predicted octanol–water partition coefficient (Wildman–Crippen LogP) is 0.762. The van der Waals surface area contributed by atoms with Gasteiger partial charge in [0.2, 0.25) is 5.88 Å². The van der Waals surface area contributed by atoms with Gasteiger partial charge in [0.25, 0.3) is 5.91 Å². The molecular formula is C13H16FN5O2. The Hall–Kier alpha value is -2.38. The molecule has 8 heteroatoms. The monoisotopic (exact) mass is 293 g/mol. The number of rotatable bonds is 5. The van der Waals surface area contributed by atoms with E-state index in [-0.39, 0.29) is 12.5 Å². The van der Waals surface area contributed by atoms with Gasteiger partial charge < -0.3 is 10.1 Å². The normalized spacial score (nSPS) is 13.6. The molecule has 1 aliphatic heterocycles. The Morgan fingerprint density at radius 3 is 3.19 bits per heavy atom. The van der Waals surface area contributed by atoms with Gasteiger partial charge in [0, 0.05) is 31.3 Å². The van der Waals surface area contributed by atoms with Crippen molar-refractivity contribution in [2.75, 3.05) is 13.3 Å². The van der Waals surface area contributed by atoms with E-state index in [9.17, 15) is 9.18 Å². The lowest BCUT2D eigenvalue weighted by Crippen LogP contribution is -2.24. The van der Waals surface area contributed by atoms with Crippen molar-refractivity contribution >= 4 is 5.91 Å². The second kappa shape index (κ2) is 5.94. The van der Waals surface area contributed by atoms with Gasteiger partial charge in [-0.2, -0.15) is 10.2 Å². The molecule has 21 heavy (non-hydrogen) atoms. The summed E-state index contributed by atoms with van der Waals surface area (Å²) in [6, 6.07) is 0. The number of nitrogens with zero attached hydrogens (tertiary/aromatic N) is 4. The highest BCUT2D eigenvalue weighted by Crippen LogP contribution is 2.22. The van der Waals surface area contributed by atoms with Crippen LogP contribution in [-0.4, -0.2) is 38.7 Å². The third-order valence-electron chi connectivity index (χ3n) is 3.24. The van der Waals surface area contributed by atoms with Crippen LogP contribution in [0, 0.1) is 0 Å². The first-order valence-electron chi connectivity index (χ1n) is 6.82. The molecule has 0 fully saturated rings. The number of alkyl halides is 1. The zero-order valence-corrected chi connectivity index (χ0v) is 11.5. The molecule has 1 N–H and O–H groups in total. The zero-order chi connectivity index (χ0) is 14.7. The molecule has 0 radical (unpaired) electrons. The van der Waals surface area contributed by atoms with E-state index < -0.39 is 6.67 Å². The summed E-state index contributed by atoms with van der Waals surface area (Å²) in [7, 11) is 0. The molecule has 0 unspecified atom stereocenters. The molecule has 0 aliphatic carbocycles. The molecule has 7 nitrogen and oxygen atoms in total. The fourth-order valence-corrected chi connectivity index (χ4v) is 2.21. The van der Waals surface area contributed by atoms with Crippen LogP contribution in [0.5, 0.6) is 5.88 Å². The average Bonchev–Trinajstić information content (AvgIpc) is 3.12. The number of carbonyl (C=O) groups excluding carboxylic acids is 1. The SMILES string of the molecule is O=C(NCc1cnn(CCF)c1)c1cnn2c1OCCC2. The number of halogens is 1. The van der Waals surface area contributed by atoms with E-state index in [0.717, 1.165) is 18.5 Å². The van der Waals surface area contributed by atoms with Gasteiger partial charge in [-0.15, -0.1) is 0 Å². The molecule has 0 saturated carbocycles. The lowest BCUT2D eigenvalue weighted by Gasteiger charge is -2.15. The van der Waals surface area contributed by atoms with Crippen molar-refractivity contribution in [2.45, 2.75) is 26.1 Å². The van der Waals surface area contributed by atoms with Crippen LogP contribution in [0.3, 0.4) is 0 Å². The summed E-state index contributed by atoms with van der Waals surface area (Å²) in [4.78, 5) is 12.2. The van der Waals surface area contributed by atoms with Gasteiger partial charge in [-0.1, -0.05) is 0 Å². The van der Waals surface area contributed by atoms with Crippen LogP contribution in [0.4, 0.5) is 4.39 Å². The van der Waals surface area contributed by atoms with Crippen LogP contribution < -0.4 is 10.1 Å². The number of fused-ring (bicyclic) bond motifs is 1. The minimum absolute atomic E-state index is 0.221. The van der Waals surface area contributed by atoms with E-state index in [1.165, 1.54) is 10.9 Å². The number of ether oxygens (including phenoxy) is 1. The quantitative estimate of drug-likeness (QED) is 0.883. The van der Waals surface area contributed by atoms with Gasteiger partial charge in [0.15, 0.2) is 0 Å². The van der Waals surface area contributed by atoms with Crippen LogP contribution in [0.2, 0.25) is 0 Å². The fraction of sp³-hybridized carbons (Fsp3) is 0.462. The van der Waals surface area contributed by atoms with Gasteiger partial charge >= 0.3 is 0 Å². The summed E-state index contributed by atoms with van der Waals surface area (Å²) < 4.78 is 20.9. The van der Waals surface area contributed by atoms with E-state index in [0.29, 0.717) is 24.6 Å². The average molecular weight is 293 g/mol. The number of amides is 1. The van der Waals surface area contributed by atoms with E-state index in [2.05, 4.69) is 15.5 Å². The maximum Gasteiger partial charge on any atom is 0.258 e. The smallest absolute Gasteiger partial charge is 0.258 e. The summed E-state index contributed by atoms with van der Waals surface area (Å²) in [5.74, 6) is 0.281. The Balaban J connectivity index is 1.62. The second-order valence-corrected chi connectivity index (χ2v) is 4.77. The van der Waals surface area contributed by atoms with Crippen LogP contribution >= 0.6 is 0 Å². The maximum absolute atomic E-state index is 12.2. The van der Waals surface area contributed by atoms with Crippen LogP contribution in [0.15, 0.2) is 18.6 Å². The summed E-state index contributed by atoms with van der Waals surface area (Å²) in [6.45, 7) is 1.45. The van der Waals surface area contributed by atoms with Crippen molar-refractivity contribution in [3.63, 3.8) is 0 Å². The molecule has 0 saturated heterocycles. The van der Waals surface area contributed by atoms with Crippen molar-refractivity contribution in [3.8, 4) is 5.88 Å². The minimum atomic E-state index is -0.465. The third-order valence-corrected chi connectivity index (χ3v) is 3.24. The molecule has 1 amide bonds. The number of hydrogen-bond acceptors (Lipinski definition) is 4. The Labute approximate surface area is 120 Å². The topological polar surface area (TPSA) is 74.0 Å². The highest BCUT2D eigenvalue weighted by Gasteiger charge is 2.21. The Morgan fingerprint density at radius 2 is 2.33 bits per heavy atom. The van der Waals surface area contributed by atoms with Crippen molar-refractivity contribution in [2.24, 2.45) is 0 Å². The summed E-state index contributed by atoms with van der Waals surface area (Å²) in [6.07, 6.45) is 5.73. The molecule has 1 aliphatic rings. The van der Waals surface area contributed by atoms with Crippen LogP contribution in [0.25, 0.3) is 0 Å². The number of nitrogens with one attached hydrogen (secondary N) is 1. The maximum atomic E-state index is 12.2. The number of carbonyl (C=O) groups is 1. The van der Waals surface area contributed by atoms with E-state index in [4.69, 9.17) is 4.74 Å². The van der Waals surface area contributed by atoms with Gasteiger partial charge in [0.05, 0.1) is 25.5 Å². The molecule has 2 aromatic heterocycles. The first-order chi connectivity index (χ1) is 10.3. The largest absolute Gasteiger partial charge is 0.477 e. The van der Waals surface area contributed by atoms with Gasteiger partial charge in [-0.3, -0.25) is 9.48 Å². The molecule has 3 rings (SSSR count). The molecule has 0 atom stereocenters. The zero-order valence-electron chi connectivity index (χ0n) is 11.5. The molecule has 2 aromatic rings. The van der Waals surface area contributed by atoms with Crippen LogP contribution in [0.1, 0.15) is 22.3 Å². The minimum Gasteiger partial charge on any atom is -0.477 e. The molecule has 112 valence electrons. The Bertz CT molecular complexity index is 636. The lowest BCUT2D eigenvalue weighted by atomic mass is 10.3. The fourth-order valence-electron chi connectivity index (χ4n) is 2.21. The summed E-state index contributed by atoms with van der Waals surface area (Å²) >= 11 is 0. The Morgan fingerprint density at radius 1 is 1.43 bits per heavy atom. The molecule has 0 aromatic carbocycles. The highest BCUT2D eigenvalue weighted by atomic mass is 19.1. The number of aryl methyl sites for hydroxylation is 2. The standard InChI is InChI=1S/C13H16FN5O2/c14-2-4-18-9-10(7-16-18)6-15-12(20)11-8-17-19-3-1-5-21-13(11)19/h7-9H,1-6H2,(H,15,20). The molecular weight excluding hydrogens is 277 g/mol. The van der Waals surface area contributed by atoms with E-state index in [1.807, 2.05) is 0 Å². The van der Waals surface area contributed by atoms with Gasteiger partial charge in [0.1, 0.15) is 12.2 Å². The summed E-state index contributed by atoms with van der Waals surface area (Å²) in [5, 5.41) is 10.9. The molecule has 0 bridgehead atoms. The van der Waals surface area contributed by atoms with Crippen molar-refractivity contribution in [3.05, 3.63) is 29.7 Å². The van der Waals surface area contributed by atoms with Crippen LogP contribution in [-0.2, 0) is 19.6 Å². The second-order valence-electron chi connectivity index (χ2n) is 4.77. The van der Waals surface area contributed by atoms with Gasteiger partial charge in [-0.25, -0.2) is 9.07 Å². The van der Waals surface area contributed by atoms with Gasteiger partial charge in [-0.05, 0) is 0 Å². The number of hydrogen-bond donors (Lipinski definition) is 1. The van der Waals surface area contributed by atoms with E-state index in [1.54, 1.807) is 17.1 Å². The summed E-state index contributed by atoms with van der Waals surface area (Å²) in [5.41, 5.74) is 1.25. The van der Waals surface area contributed by atoms with E-state index >= 15 is 0 Å². The van der Waals surface area contributed by atoms with Crippen molar-refractivity contribution < 1.29 is 13.9 Å². The molecule has 3 heterocycles. The molecule has 0 spiro atoms. The Kier molecular flexibility index (Phi) is 3.85. The van der Waals surface area contributed by atoms with Crippen molar-refractivity contribution in [1.82, 2.24) is 24.9 Å². The lowest BCUT2D eigenvalue weighted by molar-refractivity contribution is 0.0944. The number of aromatic nitrogens is 4. The first kappa shape index (κ1) is 13.6. The van der Waals surface area contributed by atoms with Crippen molar-refractivity contribution in [1.29, 1.82) is 0 Å².